The fourth-order valence-corrected chi connectivity index (χ4v) is 2.43. The van der Waals surface area contributed by atoms with Crippen molar-refractivity contribution in [3.63, 3.8) is 0 Å². The number of carbonyl (C=O) groups excluding carboxylic acids is 1. The molecule has 0 saturated heterocycles. The number of rotatable bonds is 7. The third-order valence-corrected chi connectivity index (χ3v) is 4.24. The summed E-state index contributed by atoms with van der Waals surface area (Å²) in [5.74, 6) is -1.68. The molecular weight excluding hydrogens is 341 g/mol. The summed E-state index contributed by atoms with van der Waals surface area (Å²) in [6, 6.07) is 4.49. The van der Waals surface area contributed by atoms with E-state index in [1.165, 1.54) is 6.07 Å². The highest BCUT2D eigenvalue weighted by atomic mass is 79.9. The Hall–Kier alpha value is -1.43. The summed E-state index contributed by atoms with van der Waals surface area (Å²) in [7, 11) is 0. The molecule has 0 saturated carbocycles. The molecule has 0 heterocycles. The third kappa shape index (κ3) is 5.12. The molecule has 0 atom stereocenters. The molecule has 1 aromatic carbocycles. The quantitative estimate of drug-likeness (QED) is 0.784. The van der Waals surface area contributed by atoms with Crippen molar-refractivity contribution in [2.45, 2.75) is 45.1 Å². The molecule has 0 radical (unpaired) electrons. The lowest BCUT2D eigenvalue weighted by Gasteiger charge is -2.31. The number of carbonyl (C=O) groups is 2. The van der Waals surface area contributed by atoms with Gasteiger partial charge >= 0.3 is 5.97 Å². The van der Waals surface area contributed by atoms with E-state index in [4.69, 9.17) is 5.11 Å². The van der Waals surface area contributed by atoms with Crippen molar-refractivity contribution >= 4 is 27.8 Å². The second-order valence-corrected chi connectivity index (χ2v) is 5.89. The van der Waals surface area contributed by atoms with Gasteiger partial charge < -0.3 is 10.4 Å². The molecular formula is C15H19BrFNO3. The standard InChI is InChI=1S/C15H19BrFNO3/c1-3-15(4-2,9-14(20)21)18-13(19)8-10-5-6-11(16)12(17)7-10/h5-7H,3-4,8-9H2,1-2H3,(H,18,19)(H,20,21). The van der Waals surface area contributed by atoms with Crippen LogP contribution in [0.5, 0.6) is 0 Å². The van der Waals surface area contributed by atoms with Gasteiger partial charge in [0.2, 0.25) is 5.91 Å². The highest BCUT2D eigenvalue weighted by Gasteiger charge is 2.30. The Bertz CT molecular complexity index is 530. The van der Waals surface area contributed by atoms with Gasteiger partial charge in [0.25, 0.3) is 0 Å². The van der Waals surface area contributed by atoms with Gasteiger partial charge in [-0.1, -0.05) is 19.9 Å². The molecule has 2 N–H and O–H groups in total. The number of amides is 1. The molecule has 1 amide bonds. The number of carboxylic acids is 1. The van der Waals surface area contributed by atoms with E-state index in [2.05, 4.69) is 21.2 Å². The van der Waals surface area contributed by atoms with E-state index in [1.54, 1.807) is 12.1 Å². The summed E-state index contributed by atoms with van der Waals surface area (Å²) in [6.07, 6.45) is 0.943. The molecule has 21 heavy (non-hydrogen) atoms. The van der Waals surface area contributed by atoms with E-state index < -0.39 is 17.3 Å². The minimum absolute atomic E-state index is 0.0194. The van der Waals surface area contributed by atoms with Crippen LogP contribution in [0.25, 0.3) is 0 Å². The molecule has 0 bridgehead atoms. The van der Waals surface area contributed by atoms with Crippen molar-refractivity contribution in [3.8, 4) is 0 Å². The van der Waals surface area contributed by atoms with Gasteiger partial charge in [0.1, 0.15) is 5.82 Å². The fourth-order valence-electron chi connectivity index (χ4n) is 2.19. The first-order valence-electron chi connectivity index (χ1n) is 6.78. The van der Waals surface area contributed by atoms with Gasteiger partial charge in [-0.25, -0.2) is 4.39 Å². The van der Waals surface area contributed by atoms with Crippen LogP contribution in [0.1, 0.15) is 38.7 Å². The fraction of sp³-hybridized carbons (Fsp3) is 0.467. The molecule has 0 aliphatic carbocycles. The summed E-state index contributed by atoms with van der Waals surface area (Å²) >= 11 is 3.05. The predicted molar refractivity (Wildman–Crippen MR) is 81.5 cm³/mol. The zero-order valence-electron chi connectivity index (χ0n) is 12.1. The van der Waals surface area contributed by atoms with Gasteiger partial charge in [0, 0.05) is 5.54 Å². The van der Waals surface area contributed by atoms with E-state index in [0.29, 0.717) is 22.9 Å². The van der Waals surface area contributed by atoms with Gasteiger partial charge in [-0.05, 0) is 46.5 Å². The van der Waals surface area contributed by atoms with Gasteiger partial charge in [0.15, 0.2) is 0 Å². The molecule has 0 unspecified atom stereocenters. The van der Waals surface area contributed by atoms with Crippen molar-refractivity contribution in [1.29, 1.82) is 0 Å². The molecule has 116 valence electrons. The first-order valence-corrected chi connectivity index (χ1v) is 7.58. The second kappa shape index (κ2) is 7.54. The van der Waals surface area contributed by atoms with E-state index in [1.807, 2.05) is 13.8 Å². The largest absolute Gasteiger partial charge is 0.481 e. The number of hydrogen-bond donors (Lipinski definition) is 2. The number of aliphatic carboxylic acids is 1. The predicted octanol–water partition coefficient (Wildman–Crippen LogP) is 3.28. The normalized spacial score (nSPS) is 11.2. The van der Waals surface area contributed by atoms with Crippen molar-refractivity contribution in [1.82, 2.24) is 5.32 Å². The van der Waals surface area contributed by atoms with Crippen LogP contribution in [0.2, 0.25) is 0 Å². The van der Waals surface area contributed by atoms with Gasteiger partial charge in [-0.2, -0.15) is 0 Å². The smallest absolute Gasteiger partial charge is 0.305 e. The van der Waals surface area contributed by atoms with Crippen molar-refractivity contribution in [2.75, 3.05) is 0 Å². The van der Waals surface area contributed by atoms with Crippen LogP contribution in [0.4, 0.5) is 4.39 Å². The zero-order valence-corrected chi connectivity index (χ0v) is 13.7. The summed E-state index contributed by atoms with van der Waals surface area (Å²) in [4.78, 5) is 23.0. The third-order valence-electron chi connectivity index (χ3n) is 3.60. The Labute approximate surface area is 131 Å². The molecule has 0 spiro atoms. The van der Waals surface area contributed by atoms with Crippen LogP contribution in [0, 0.1) is 5.82 Å². The molecule has 0 aromatic heterocycles. The topological polar surface area (TPSA) is 66.4 Å². The van der Waals surface area contributed by atoms with E-state index in [9.17, 15) is 14.0 Å². The van der Waals surface area contributed by atoms with Crippen LogP contribution >= 0.6 is 15.9 Å². The highest BCUT2D eigenvalue weighted by molar-refractivity contribution is 9.10. The molecule has 0 aliphatic rings. The molecule has 6 heteroatoms. The van der Waals surface area contributed by atoms with Crippen molar-refractivity contribution in [2.24, 2.45) is 0 Å². The maximum atomic E-state index is 13.4. The molecule has 4 nitrogen and oxygen atoms in total. The molecule has 0 aliphatic heterocycles. The average Bonchev–Trinajstić information content (AvgIpc) is 2.41. The van der Waals surface area contributed by atoms with Crippen LogP contribution in [0.15, 0.2) is 22.7 Å². The van der Waals surface area contributed by atoms with Crippen molar-refractivity contribution < 1.29 is 19.1 Å². The van der Waals surface area contributed by atoms with Gasteiger partial charge in [-0.3, -0.25) is 9.59 Å². The van der Waals surface area contributed by atoms with Crippen LogP contribution < -0.4 is 5.32 Å². The Morgan fingerprint density at radius 1 is 1.33 bits per heavy atom. The lowest BCUT2D eigenvalue weighted by Crippen LogP contribution is -2.49. The Morgan fingerprint density at radius 2 is 1.95 bits per heavy atom. The first kappa shape index (κ1) is 17.6. The lowest BCUT2D eigenvalue weighted by molar-refractivity contribution is -0.139. The Balaban J connectivity index is 2.78. The first-order chi connectivity index (χ1) is 9.81. The number of nitrogens with one attached hydrogen (secondary N) is 1. The summed E-state index contributed by atoms with van der Waals surface area (Å²) < 4.78 is 13.8. The minimum atomic E-state index is -0.950. The maximum absolute atomic E-state index is 13.4. The monoisotopic (exact) mass is 359 g/mol. The average molecular weight is 360 g/mol. The maximum Gasteiger partial charge on any atom is 0.305 e. The van der Waals surface area contributed by atoms with Gasteiger partial charge in [0.05, 0.1) is 17.3 Å². The molecule has 1 aromatic rings. The highest BCUT2D eigenvalue weighted by Crippen LogP contribution is 2.21. The summed E-state index contributed by atoms with van der Waals surface area (Å²) in [6.45, 7) is 3.68. The van der Waals surface area contributed by atoms with Crippen LogP contribution in [-0.2, 0) is 16.0 Å². The van der Waals surface area contributed by atoms with Gasteiger partial charge in [-0.15, -0.1) is 0 Å². The Kier molecular flexibility index (Phi) is 6.33. The second-order valence-electron chi connectivity index (χ2n) is 5.03. The molecule has 0 fully saturated rings. The molecule has 1 rings (SSSR count). The van der Waals surface area contributed by atoms with E-state index in [0.717, 1.165) is 0 Å². The van der Waals surface area contributed by atoms with E-state index >= 15 is 0 Å². The minimum Gasteiger partial charge on any atom is -0.481 e. The van der Waals surface area contributed by atoms with Crippen LogP contribution in [0.3, 0.4) is 0 Å². The number of benzene rings is 1. The lowest BCUT2D eigenvalue weighted by atomic mass is 9.88. The summed E-state index contributed by atoms with van der Waals surface area (Å²) in [5.41, 5.74) is -0.207. The number of carboxylic acid groups (broad SMARTS) is 1. The summed E-state index contributed by atoms with van der Waals surface area (Å²) in [5, 5.41) is 11.8. The Morgan fingerprint density at radius 3 is 2.43 bits per heavy atom. The van der Waals surface area contributed by atoms with Crippen LogP contribution in [-0.4, -0.2) is 22.5 Å². The van der Waals surface area contributed by atoms with E-state index in [-0.39, 0.29) is 18.7 Å². The zero-order chi connectivity index (χ0) is 16.0. The number of halogens is 2. The van der Waals surface area contributed by atoms with Crippen molar-refractivity contribution in [3.05, 3.63) is 34.1 Å². The SMILES string of the molecule is CCC(CC)(CC(=O)O)NC(=O)Cc1ccc(Br)c(F)c1. The number of hydrogen-bond acceptors (Lipinski definition) is 2.